The van der Waals surface area contributed by atoms with Crippen molar-refractivity contribution in [3.63, 3.8) is 0 Å². The van der Waals surface area contributed by atoms with Gasteiger partial charge >= 0.3 is 0 Å². The second kappa shape index (κ2) is 4.94. The molecule has 0 aliphatic heterocycles. The van der Waals surface area contributed by atoms with E-state index < -0.39 is 0 Å². The molecule has 0 aliphatic carbocycles. The molecular weight excluding hydrogens is 314 g/mol. The van der Waals surface area contributed by atoms with Gasteiger partial charge in [-0.3, -0.25) is 4.98 Å². The zero-order valence-corrected chi connectivity index (χ0v) is 12.7. The highest BCUT2D eigenvalue weighted by molar-refractivity contribution is 9.10. The number of halogens is 2. The van der Waals surface area contributed by atoms with Crippen molar-refractivity contribution in [2.45, 2.75) is 26.2 Å². The Morgan fingerprint density at radius 2 is 1.72 bits per heavy atom. The first-order chi connectivity index (χ1) is 8.39. The summed E-state index contributed by atoms with van der Waals surface area (Å²) in [5, 5.41) is 0.432. The summed E-state index contributed by atoms with van der Waals surface area (Å²) >= 11 is 9.61. The zero-order chi connectivity index (χ0) is 13.3. The van der Waals surface area contributed by atoms with E-state index in [1.807, 2.05) is 12.1 Å². The van der Waals surface area contributed by atoms with Crippen molar-refractivity contribution in [2.24, 2.45) is 0 Å². The van der Waals surface area contributed by atoms with Crippen molar-refractivity contribution in [1.82, 2.24) is 15.0 Å². The van der Waals surface area contributed by atoms with Crippen LogP contribution in [0.4, 0.5) is 0 Å². The molecule has 0 amide bonds. The molecule has 0 bridgehead atoms. The summed E-state index contributed by atoms with van der Waals surface area (Å²) in [7, 11) is 0. The molecule has 0 N–H and O–H groups in total. The Hall–Kier alpha value is -1.00. The van der Waals surface area contributed by atoms with Crippen molar-refractivity contribution in [3.8, 4) is 11.4 Å². The number of rotatable bonds is 1. The highest BCUT2D eigenvalue weighted by atomic mass is 79.9. The third-order valence-electron chi connectivity index (χ3n) is 2.46. The lowest BCUT2D eigenvalue weighted by Crippen LogP contribution is -2.16. The summed E-state index contributed by atoms with van der Waals surface area (Å²) in [6.45, 7) is 6.27. The van der Waals surface area contributed by atoms with Gasteiger partial charge < -0.3 is 0 Å². The molecule has 0 atom stereocenters. The predicted molar refractivity (Wildman–Crippen MR) is 76.7 cm³/mol. The normalized spacial score (nSPS) is 11.6. The number of pyridine rings is 1. The monoisotopic (exact) mass is 325 g/mol. The van der Waals surface area contributed by atoms with Crippen LogP contribution in [0.1, 0.15) is 26.5 Å². The van der Waals surface area contributed by atoms with Crippen LogP contribution in [0.25, 0.3) is 11.4 Å². The first-order valence-corrected chi connectivity index (χ1v) is 6.70. The molecule has 94 valence electrons. The summed E-state index contributed by atoms with van der Waals surface area (Å²) in [4.78, 5) is 12.9. The van der Waals surface area contributed by atoms with Crippen LogP contribution in [0.3, 0.4) is 0 Å². The zero-order valence-electron chi connectivity index (χ0n) is 10.4. The summed E-state index contributed by atoms with van der Waals surface area (Å²) < 4.78 is 0.759. The van der Waals surface area contributed by atoms with Gasteiger partial charge in [0.15, 0.2) is 5.82 Å². The van der Waals surface area contributed by atoms with E-state index in [0.29, 0.717) is 11.0 Å². The Bertz CT molecular complexity index is 564. The van der Waals surface area contributed by atoms with Crippen molar-refractivity contribution < 1.29 is 0 Å². The van der Waals surface area contributed by atoms with Gasteiger partial charge in [0.05, 0.1) is 10.2 Å². The van der Waals surface area contributed by atoms with Crippen LogP contribution < -0.4 is 0 Å². The predicted octanol–water partition coefficient (Wildman–Crippen LogP) is 4.25. The summed E-state index contributed by atoms with van der Waals surface area (Å²) in [6, 6.07) is 3.73. The van der Waals surface area contributed by atoms with Crippen LogP contribution in [0, 0.1) is 0 Å². The van der Waals surface area contributed by atoms with Crippen LogP contribution in [0.5, 0.6) is 0 Å². The van der Waals surface area contributed by atoms with Gasteiger partial charge in [0.25, 0.3) is 0 Å². The lowest BCUT2D eigenvalue weighted by atomic mass is 9.92. The minimum Gasteiger partial charge on any atom is -0.265 e. The van der Waals surface area contributed by atoms with Gasteiger partial charge in [-0.2, -0.15) is 0 Å². The van der Waals surface area contributed by atoms with Crippen LogP contribution in [-0.2, 0) is 5.41 Å². The fourth-order valence-corrected chi connectivity index (χ4v) is 2.49. The molecule has 0 spiro atoms. The average Bonchev–Trinajstić information content (AvgIpc) is 2.32. The molecule has 0 aliphatic rings. The quantitative estimate of drug-likeness (QED) is 0.735. The van der Waals surface area contributed by atoms with E-state index in [4.69, 9.17) is 11.6 Å². The smallest absolute Gasteiger partial charge is 0.161 e. The van der Waals surface area contributed by atoms with Gasteiger partial charge in [0.1, 0.15) is 5.15 Å². The molecule has 2 heterocycles. The van der Waals surface area contributed by atoms with E-state index in [2.05, 4.69) is 51.7 Å². The molecule has 2 aromatic heterocycles. The highest BCUT2D eigenvalue weighted by Crippen LogP contribution is 2.33. The molecule has 0 radical (unpaired) electrons. The summed E-state index contributed by atoms with van der Waals surface area (Å²) in [5.74, 6) is 0.621. The second-order valence-electron chi connectivity index (χ2n) is 4.99. The van der Waals surface area contributed by atoms with E-state index in [1.54, 1.807) is 12.4 Å². The number of hydrogen-bond acceptors (Lipinski definition) is 3. The molecule has 2 aromatic rings. The van der Waals surface area contributed by atoms with Crippen molar-refractivity contribution in [2.75, 3.05) is 0 Å². The molecule has 5 heteroatoms. The SMILES string of the molecule is CC(C)(C)c1nc(-c2ccncc2)nc(Cl)c1Br. The topological polar surface area (TPSA) is 38.7 Å². The van der Waals surface area contributed by atoms with E-state index in [-0.39, 0.29) is 5.41 Å². The molecule has 3 nitrogen and oxygen atoms in total. The van der Waals surface area contributed by atoms with Crippen LogP contribution in [0.2, 0.25) is 5.15 Å². The van der Waals surface area contributed by atoms with Crippen molar-refractivity contribution in [1.29, 1.82) is 0 Å². The van der Waals surface area contributed by atoms with Gasteiger partial charge in [-0.25, -0.2) is 9.97 Å². The fourth-order valence-electron chi connectivity index (χ4n) is 1.55. The maximum absolute atomic E-state index is 6.16. The lowest BCUT2D eigenvalue weighted by Gasteiger charge is -2.20. The van der Waals surface area contributed by atoms with Gasteiger partial charge in [-0.05, 0) is 28.1 Å². The van der Waals surface area contributed by atoms with Crippen LogP contribution in [-0.4, -0.2) is 15.0 Å². The first-order valence-electron chi connectivity index (χ1n) is 5.53. The highest BCUT2D eigenvalue weighted by Gasteiger charge is 2.22. The average molecular weight is 327 g/mol. The first kappa shape index (κ1) is 13.4. The summed E-state index contributed by atoms with van der Waals surface area (Å²) in [5.41, 5.74) is 1.70. The number of aromatic nitrogens is 3. The lowest BCUT2D eigenvalue weighted by molar-refractivity contribution is 0.564. The largest absolute Gasteiger partial charge is 0.265 e. The van der Waals surface area contributed by atoms with Crippen molar-refractivity contribution >= 4 is 27.5 Å². The summed E-state index contributed by atoms with van der Waals surface area (Å²) in [6.07, 6.45) is 3.43. The third kappa shape index (κ3) is 2.70. The number of hydrogen-bond donors (Lipinski definition) is 0. The Morgan fingerprint density at radius 3 is 2.28 bits per heavy atom. The van der Waals surface area contributed by atoms with Crippen LogP contribution >= 0.6 is 27.5 Å². The molecule has 0 saturated heterocycles. The Balaban J connectivity index is 2.62. The Morgan fingerprint density at radius 1 is 1.11 bits per heavy atom. The third-order valence-corrected chi connectivity index (χ3v) is 3.71. The molecule has 0 saturated carbocycles. The van der Waals surface area contributed by atoms with E-state index in [0.717, 1.165) is 15.7 Å². The molecule has 0 aromatic carbocycles. The standard InChI is InChI=1S/C13H13BrClN3/c1-13(2,3)10-9(14)11(15)18-12(17-10)8-4-6-16-7-5-8/h4-7H,1-3H3. The maximum atomic E-state index is 6.16. The van der Waals surface area contributed by atoms with Crippen LogP contribution in [0.15, 0.2) is 29.0 Å². The van der Waals surface area contributed by atoms with Crippen molar-refractivity contribution in [3.05, 3.63) is 39.8 Å². The molecule has 2 rings (SSSR count). The molecular formula is C13H13BrClN3. The van der Waals surface area contributed by atoms with E-state index >= 15 is 0 Å². The minimum absolute atomic E-state index is 0.104. The molecule has 0 fully saturated rings. The van der Waals surface area contributed by atoms with Gasteiger partial charge in [0.2, 0.25) is 0 Å². The Labute approximate surface area is 120 Å². The minimum atomic E-state index is -0.104. The number of nitrogens with zero attached hydrogens (tertiary/aromatic N) is 3. The second-order valence-corrected chi connectivity index (χ2v) is 6.14. The van der Waals surface area contributed by atoms with Gasteiger partial charge in [-0.1, -0.05) is 32.4 Å². The fraction of sp³-hybridized carbons (Fsp3) is 0.308. The van der Waals surface area contributed by atoms with E-state index in [1.165, 1.54) is 0 Å². The molecule has 0 unspecified atom stereocenters. The maximum Gasteiger partial charge on any atom is 0.161 e. The van der Waals surface area contributed by atoms with Gasteiger partial charge in [0, 0.05) is 23.4 Å². The Kier molecular flexibility index (Phi) is 3.69. The van der Waals surface area contributed by atoms with Gasteiger partial charge in [-0.15, -0.1) is 0 Å². The van der Waals surface area contributed by atoms with E-state index in [9.17, 15) is 0 Å². The molecule has 18 heavy (non-hydrogen) atoms.